The van der Waals surface area contributed by atoms with Gasteiger partial charge in [-0.2, -0.15) is 0 Å². The van der Waals surface area contributed by atoms with Gasteiger partial charge in [-0.25, -0.2) is 13.1 Å². The number of hydrogen-bond donors (Lipinski definition) is 2. The Balaban J connectivity index is 3.10. The number of benzene rings is 1. The largest absolute Gasteiger partial charge is 0.396 e. The lowest BCUT2D eigenvalue weighted by Crippen LogP contribution is -2.44. The average molecular weight is 316 g/mol. The van der Waals surface area contributed by atoms with Crippen LogP contribution in [0, 0.1) is 15.5 Å². The second-order valence-electron chi connectivity index (χ2n) is 5.81. The first-order valence-electron chi connectivity index (χ1n) is 6.45. The van der Waals surface area contributed by atoms with Gasteiger partial charge < -0.3 is 5.11 Å². The fraction of sp³-hybridized carbons (Fsp3) is 0.538. The van der Waals surface area contributed by atoms with Crippen molar-refractivity contribution in [3.05, 3.63) is 34.4 Å². The smallest absolute Gasteiger partial charge is 0.270 e. The van der Waals surface area contributed by atoms with Crippen LogP contribution in [-0.2, 0) is 10.0 Å². The van der Waals surface area contributed by atoms with Crippen LogP contribution in [0.5, 0.6) is 0 Å². The third-order valence-corrected chi connectivity index (χ3v) is 4.57. The summed E-state index contributed by atoms with van der Waals surface area (Å²) < 4.78 is 27.2. The van der Waals surface area contributed by atoms with Crippen LogP contribution in [0.2, 0.25) is 0 Å². The van der Waals surface area contributed by atoms with Crippen LogP contribution in [0.15, 0.2) is 29.2 Å². The second kappa shape index (κ2) is 6.50. The maximum absolute atomic E-state index is 12.3. The molecule has 118 valence electrons. The predicted molar refractivity (Wildman–Crippen MR) is 78.4 cm³/mol. The van der Waals surface area contributed by atoms with E-state index in [1.807, 2.05) is 20.8 Å². The van der Waals surface area contributed by atoms with Crippen LogP contribution >= 0.6 is 0 Å². The van der Waals surface area contributed by atoms with Crippen molar-refractivity contribution < 1.29 is 18.4 Å². The summed E-state index contributed by atoms with van der Waals surface area (Å²) in [5.41, 5.74) is -0.677. The van der Waals surface area contributed by atoms with E-state index in [-0.39, 0.29) is 23.6 Å². The predicted octanol–water partition coefficient (Wildman–Crippen LogP) is 1.67. The molecule has 7 nitrogen and oxygen atoms in total. The van der Waals surface area contributed by atoms with Gasteiger partial charge in [-0.1, -0.05) is 26.8 Å². The molecule has 1 atom stereocenters. The minimum atomic E-state index is -3.89. The van der Waals surface area contributed by atoms with Gasteiger partial charge in [-0.05, 0) is 17.9 Å². The molecule has 21 heavy (non-hydrogen) atoms. The summed E-state index contributed by atoms with van der Waals surface area (Å²) in [7, 11) is -3.89. The maximum atomic E-state index is 12.3. The molecule has 8 heteroatoms. The molecule has 0 radical (unpaired) electrons. The summed E-state index contributed by atoms with van der Waals surface area (Å²) in [5, 5.41) is 19.8. The molecule has 1 aromatic rings. The van der Waals surface area contributed by atoms with Crippen LogP contribution in [0.25, 0.3) is 0 Å². The van der Waals surface area contributed by atoms with Crippen molar-refractivity contribution in [3.63, 3.8) is 0 Å². The molecule has 0 saturated carbocycles. The van der Waals surface area contributed by atoms with Crippen LogP contribution in [0.4, 0.5) is 5.69 Å². The number of nitrogens with zero attached hydrogens (tertiary/aromatic N) is 1. The average Bonchev–Trinajstić information content (AvgIpc) is 2.37. The number of nitro groups is 1. The Bertz CT molecular complexity index is 607. The van der Waals surface area contributed by atoms with Gasteiger partial charge in [-0.3, -0.25) is 10.1 Å². The summed E-state index contributed by atoms with van der Waals surface area (Å²) in [6.07, 6.45) is 0.262. The quantitative estimate of drug-likeness (QED) is 0.613. The molecular formula is C13H20N2O5S. The van der Waals surface area contributed by atoms with Gasteiger partial charge in [0.15, 0.2) is 0 Å². The van der Waals surface area contributed by atoms with Crippen molar-refractivity contribution >= 4 is 15.7 Å². The first-order valence-corrected chi connectivity index (χ1v) is 7.94. The SMILES string of the molecule is CC(C)(C)C(CCO)NS(=O)(=O)c1cccc([N+](=O)[O-])c1. The van der Waals surface area contributed by atoms with Crippen molar-refractivity contribution in [3.8, 4) is 0 Å². The third-order valence-electron chi connectivity index (χ3n) is 3.10. The molecule has 0 fully saturated rings. The molecule has 0 aliphatic carbocycles. The molecule has 0 aliphatic rings. The van der Waals surface area contributed by atoms with E-state index in [1.54, 1.807) is 0 Å². The lowest BCUT2D eigenvalue weighted by atomic mass is 9.86. The van der Waals surface area contributed by atoms with E-state index < -0.39 is 26.4 Å². The van der Waals surface area contributed by atoms with E-state index in [4.69, 9.17) is 5.11 Å². The molecule has 1 unspecified atom stereocenters. The van der Waals surface area contributed by atoms with Crippen LogP contribution < -0.4 is 4.72 Å². The molecular weight excluding hydrogens is 296 g/mol. The van der Waals surface area contributed by atoms with Crippen molar-refractivity contribution in [1.29, 1.82) is 0 Å². The Morgan fingerprint density at radius 1 is 1.38 bits per heavy atom. The highest BCUT2D eigenvalue weighted by Crippen LogP contribution is 2.24. The second-order valence-corrected chi connectivity index (χ2v) is 7.52. The normalized spacial score (nSPS) is 13.9. The fourth-order valence-corrected chi connectivity index (χ4v) is 3.33. The van der Waals surface area contributed by atoms with Crippen molar-refractivity contribution in [1.82, 2.24) is 4.72 Å². The van der Waals surface area contributed by atoms with Gasteiger partial charge in [0.25, 0.3) is 5.69 Å². The minimum absolute atomic E-state index is 0.153. The summed E-state index contributed by atoms with van der Waals surface area (Å²) in [4.78, 5) is 9.91. The summed E-state index contributed by atoms with van der Waals surface area (Å²) in [6.45, 7) is 5.40. The molecule has 2 N–H and O–H groups in total. The number of rotatable bonds is 6. The molecule has 0 heterocycles. The Morgan fingerprint density at radius 3 is 2.48 bits per heavy atom. The van der Waals surface area contributed by atoms with Gasteiger partial charge in [0.2, 0.25) is 10.0 Å². The van der Waals surface area contributed by atoms with Gasteiger partial charge >= 0.3 is 0 Å². The number of aliphatic hydroxyl groups is 1. The topological polar surface area (TPSA) is 110 Å². The molecule has 0 aliphatic heterocycles. The third kappa shape index (κ3) is 4.76. The molecule has 1 rings (SSSR count). The van der Waals surface area contributed by atoms with E-state index in [2.05, 4.69) is 4.72 Å². The van der Waals surface area contributed by atoms with Crippen molar-refractivity contribution in [2.24, 2.45) is 5.41 Å². The maximum Gasteiger partial charge on any atom is 0.270 e. The van der Waals surface area contributed by atoms with Crippen molar-refractivity contribution in [2.75, 3.05) is 6.61 Å². The zero-order valence-corrected chi connectivity index (χ0v) is 13.1. The molecule has 1 aromatic carbocycles. The zero-order chi connectivity index (χ0) is 16.3. The number of hydrogen-bond acceptors (Lipinski definition) is 5. The lowest BCUT2D eigenvalue weighted by molar-refractivity contribution is -0.385. The molecule has 0 amide bonds. The van der Waals surface area contributed by atoms with Gasteiger partial charge in [-0.15, -0.1) is 0 Å². The van der Waals surface area contributed by atoms with E-state index in [1.165, 1.54) is 18.2 Å². The Kier molecular flexibility index (Phi) is 5.43. The van der Waals surface area contributed by atoms with Crippen LogP contribution in [0.1, 0.15) is 27.2 Å². The van der Waals surface area contributed by atoms with Crippen LogP contribution in [-0.4, -0.2) is 31.1 Å². The molecule has 0 spiro atoms. The van der Waals surface area contributed by atoms with Gasteiger partial charge in [0.05, 0.1) is 9.82 Å². The first kappa shape index (κ1) is 17.5. The first-order chi connectivity index (χ1) is 9.58. The van der Waals surface area contributed by atoms with Gasteiger partial charge in [0, 0.05) is 24.8 Å². The van der Waals surface area contributed by atoms with E-state index in [0.29, 0.717) is 0 Å². The highest BCUT2D eigenvalue weighted by atomic mass is 32.2. The monoisotopic (exact) mass is 316 g/mol. The highest BCUT2D eigenvalue weighted by Gasteiger charge is 2.29. The Morgan fingerprint density at radius 2 is 2.00 bits per heavy atom. The number of nitro benzene ring substituents is 1. The lowest BCUT2D eigenvalue weighted by Gasteiger charge is -2.30. The Labute approximate surface area is 124 Å². The Hall–Kier alpha value is -1.51. The number of non-ortho nitro benzene ring substituents is 1. The minimum Gasteiger partial charge on any atom is -0.396 e. The highest BCUT2D eigenvalue weighted by molar-refractivity contribution is 7.89. The summed E-state index contributed by atoms with van der Waals surface area (Å²) >= 11 is 0. The molecule has 0 saturated heterocycles. The number of sulfonamides is 1. The number of aliphatic hydroxyl groups excluding tert-OH is 1. The standard InChI is InChI=1S/C13H20N2O5S/c1-13(2,3)12(7-8-16)14-21(19,20)11-6-4-5-10(9-11)15(17)18/h4-6,9,12,14,16H,7-8H2,1-3H3. The summed E-state index contributed by atoms with van der Waals surface area (Å²) in [5.74, 6) is 0. The number of nitrogens with one attached hydrogen (secondary N) is 1. The van der Waals surface area contributed by atoms with E-state index in [0.717, 1.165) is 6.07 Å². The summed E-state index contributed by atoms with van der Waals surface area (Å²) in [6, 6.07) is 4.39. The van der Waals surface area contributed by atoms with E-state index in [9.17, 15) is 18.5 Å². The molecule has 0 aromatic heterocycles. The van der Waals surface area contributed by atoms with Crippen molar-refractivity contribution in [2.45, 2.75) is 38.1 Å². The molecule has 0 bridgehead atoms. The van der Waals surface area contributed by atoms with Crippen LogP contribution in [0.3, 0.4) is 0 Å². The van der Waals surface area contributed by atoms with Gasteiger partial charge in [0.1, 0.15) is 0 Å². The fourth-order valence-electron chi connectivity index (χ4n) is 1.82. The van der Waals surface area contributed by atoms with E-state index >= 15 is 0 Å². The zero-order valence-electron chi connectivity index (χ0n) is 12.2.